The molecule has 0 spiro atoms. The second-order valence-electron chi connectivity index (χ2n) is 5.05. The van der Waals surface area contributed by atoms with Gasteiger partial charge in [0.15, 0.2) is 18.2 Å². The van der Waals surface area contributed by atoms with Crippen molar-refractivity contribution in [3.05, 3.63) is 63.9 Å². The summed E-state index contributed by atoms with van der Waals surface area (Å²) >= 11 is 3.17. The molecule has 0 saturated heterocycles. The Bertz CT molecular complexity index is 694. The Hall–Kier alpha value is -1.92. The van der Waals surface area contributed by atoms with Gasteiger partial charge in [0.2, 0.25) is 0 Å². The average molecular weight is 396 g/mol. The van der Waals surface area contributed by atoms with Crippen LogP contribution in [0.1, 0.15) is 18.1 Å². The first kappa shape index (κ1) is 18.4. The highest BCUT2D eigenvalue weighted by Crippen LogP contribution is 2.21. The highest BCUT2D eigenvalue weighted by molar-refractivity contribution is 9.10. The summed E-state index contributed by atoms with van der Waals surface area (Å²) in [5.74, 6) is -0.784. The molecule has 1 N–H and O–H groups in total. The van der Waals surface area contributed by atoms with E-state index in [0.29, 0.717) is 24.2 Å². The number of nitrogens with one attached hydrogen (secondary N) is 1. The fourth-order valence-corrected chi connectivity index (χ4v) is 2.40. The maximum absolute atomic E-state index is 13.6. The third kappa shape index (κ3) is 5.62. The minimum absolute atomic E-state index is 0.0464. The van der Waals surface area contributed by atoms with Gasteiger partial charge >= 0.3 is 0 Å². The monoisotopic (exact) mass is 395 g/mol. The van der Waals surface area contributed by atoms with Crippen LogP contribution in [-0.4, -0.2) is 19.1 Å². The van der Waals surface area contributed by atoms with Crippen LogP contribution in [0.15, 0.2) is 46.9 Å². The van der Waals surface area contributed by atoms with E-state index in [1.165, 1.54) is 12.1 Å². The normalized spacial score (nSPS) is 10.5. The van der Waals surface area contributed by atoms with Crippen LogP contribution in [0.5, 0.6) is 5.75 Å². The molecule has 2 rings (SSSR count). The molecule has 24 heavy (non-hydrogen) atoms. The van der Waals surface area contributed by atoms with E-state index >= 15 is 0 Å². The Kier molecular flexibility index (Phi) is 7.21. The number of rotatable bonds is 8. The lowest BCUT2D eigenvalue weighted by Crippen LogP contribution is -2.29. The van der Waals surface area contributed by atoms with Gasteiger partial charge in [-0.3, -0.25) is 4.79 Å². The van der Waals surface area contributed by atoms with Crippen LogP contribution in [0.4, 0.5) is 4.39 Å². The number of hydrogen-bond donors (Lipinski definition) is 1. The summed E-state index contributed by atoms with van der Waals surface area (Å²) in [4.78, 5) is 11.9. The number of amides is 1. The van der Waals surface area contributed by atoms with Crippen molar-refractivity contribution >= 4 is 21.8 Å². The number of halogens is 2. The van der Waals surface area contributed by atoms with Gasteiger partial charge in [-0.05, 0) is 36.2 Å². The van der Waals surface area contributed by atoms with Crippen molar-refractivity contribution in [1.29, 1.82) is 0 Å². The van der Waals surface area contributed by atoms with E-state index in [-0.39, 0.29) is 18.3 Å². The Morgan fingerprint density at radius 2 is 1.96 bits per heavy atom. The summed E-state index contributed by atoms with van der Waals surface area (Å²) in [7, 11) is 0. The Labute approximate surface area is 149 Å². The molecule has 6 heteroatoms. The van der Waals surface area contributed by atoms with Crippen molar-refractivity contribution < 1.29 is 18.7 Å². The number of carbonyl (C=O) groups is 1. The van der Waals surface area contributed by atoms with Gasteiger partial charge in [-0.15, -0.1) is 0 Å². The topological polar surface area (TPSA) is 47.6 Å². The van der Waals surface area contributed by atoms with E-state index in [1.807, 2.05) is 31.2 Å². The molecule has 0 aliphatic heterocycles. The van der Waals surface area contributed by atoms with Crippen molar-refractivity contribution in [3.63, 3.8) is 0 Å². The highest BCUT2D eigenvalue weighted by atomic mass is 79.9. The molecule has 0 bridgehead atoms. The molecular weight excluding hydrogens is 377 g/mol. The van der Waals surface area contributed by atoms with Crippen molar-refractivity contribution in [2.24, 2.45) is 0 Å². The van der Waals surface area contributed by atoms with Gasteiger partial charge in [0.1, 0.15) is 0 Å². The molecule has 0 aliphatic rings. The Balaban J connectivity index is 1.85. The van der Waals surface area contributed by atoms with Gasteiger partial charge in [-0.1, -0.05) is 40.2 Å². The summed E-state index contributed by atoms with van der Waals surface area (Å²) in [5, 5.41) is 2.77. The first-order chi connectivity index (χ1) is 11.6. The largest absolute Gasteiger partial charge is 0.481 e. The van der Waals surface area contributed by atoms with E-state index in [9.17, 15) is 9.18 Å². The SMILES string of the molecule is CCOCc1ccccc1CNC(=O)COc1ccc(Br)cc1F. The molecule has 0 unspecified atom stereocenters. The lowest BCUT2D eigenvalue weighted by Gasteiger charge is -2.11. The smallest absolute Gasteiger partial charge is 0.258 e. The van der Waals surface area contributed by atoms with Crippen LogP contribution in [0.2, 0.25) is 0 Å². The first-order valence-electron chi connectivity index (χ1n) is 7.59. The molecule has 0 atom stereocenters. The lowest BCUT2D eigenvalue weighted by molar-refractivity contribution is -0.123. The van der Waals surface area contributed by atoms with E-state index in [1.54, 1.807) is 6.07 Å². The molecule has 2 aromatic carbocycles. The second kappa shape index (κ2) is 9.39. The highest BCUT2D eigenvalue weighted by Gasteiger charge is 2.08. The lowest BCUT2D eigenvalue weighted by atomic mass is 10.1. The van der Waals surface area contributed by atoms with Crippen molar-refractivity contribution in [3.8, 4) is 5.75 Å². The third-order valence-corrected chi connectivity index (χ3v) is 3.80. The molecule has 0 saturated carbocycles. The molecule has 0 heterocycles. The molecule has 4 nitrogen and oxygen atoms in total. The maximum atomic E-state index is 13.6. The van der Waals surface area contributed by atoms with E-state index in [2.05, 4.69) is 21.2 Å². The summed E-state index contributed by atoms with van der Waals surface area (Å²) in [6.45, 7) is 3.19. The van der Waals surface area contributed by atoms with Crippen LogP contribution in [0, 0.1) is 5.82 Å². The quantitative estimate of drug-likeness (QED) is 0.738. The average Bonchev–Trinajstić information content (AvgIpc) is 2.58. The summed E-state index contributed by atoms with van der Waals surface area (Å²) in [6.07, 6.45) is 0. The minimum atomic E-state index is -0.515. The first-order valence-corrected chi connectivity index (χ1v) is 8.38. The molecule has 0 aliphatic carbocycles. The molecule has 128 valence electrons. The van der Waals surface area contributed by atoms with Gasteiger partial charge in [-0.2, -0.15) is 0 Å². The van der Waals surface area contributed by atoms with E-state index in [0.717, 1.165) is 11.1 Å². The van der Waals surface area contributed by atoms with Crippen LogP contribution < -0.4 is 10.1 Å². The van der Waals surface area contributed by atoms with Crippen LogP contribution in [0.3, 0.4) is 0 Å². The molecule has 0 radical (unpaired) electrons. The molecule has 2 aromatic rings. The van der Waals surface area contributed by atoms with Crippen LogP contribution in [-0.2, 0) is 22.7 Å². The molecular formula is C18H19BrFNO3. The predicted octanol–water partition coefficient (Wildman–Crippen LogP) is 3.82. The van der Waals surface area contributed by atoms with Gasteiger partial charge < -0.3 is 14.8 Å². The minimum Gasteiger partial charge on any atom is -0.481 e. The Morgan fingerprint density at radius 1 is 1.21 bits per heavy atom. The molecule has 0 fully saturated rings. The van der Waals surface area contributed by atoms with E-state index in [4.69, 9.17) is 9.47 Å². The maximum Gasteiger partial charge on any atom is 0.258 e. The number of benzene rings is 2. The zero-order chi connectivity index (χ0) is 17.4. The molecule has 1 amide bonds. The second-order valence-corrected chi connectivity index (χ2v) is 5.96. The van der Waals surface area contributed by atoms with Gasteiger partial charge in [-0.25, -0.2) is 4.39 Å². The van der Waals surface area contributed by atoms with Crippen LogP contribution >= 0.6 is 15.9 Å². The standard InChI is InChI=1S/C18H19BrFNO3/c1-2-23-11-14-6-4-3-5-13(14)10-21-18(22)12-24-17-8-7-15(19)9-16(17)20/h3-9H,2,10-12H2,1H3,(H,21,22). The summed E-state index contributed by atoms with van der Waals surface area (Å²) < 4.78 is 24.9. The van der Waals surface area contributed by atoms with Gasteiger partial charge in [0.25, 0.3) is 5.91 Å². The number of hydrogen-bond acceptors (Lipinski definition) is 3. The van der Waals surface area contributed by atoms with E-state index < -0.39 is 5.82 Å². The number of carbonyl (C=O) groups excluding carboxylic acids is 1. The van der Waals surface area contributed by atoms with Gasteiger partial charge in [0.05, 0.1) is 6.61 Å². The zero-order valence-electron chi connectivity index (χ0n) is 13.4. The van der Waals surface area contributed by atoms with Crippen molar-refractivity contribution in [2.75, 3.05) is 13.2 Å². The summed E-state index contributed by atoms with van der Waals surface area (Å²) in [6, 6.07) is 12.2. The zero-order valence-corrected chi connectivity index (χ0v) is 14.9. The number of ether oxygens (including phenoxy) is 2. The van der Waals surface area contributed by atoms with Crippen molar-refractivity contribution in [1.82, 2.24) is 5.32 Å². The summed E-state index contributed by atoms with van der Waals surface area (Å²) in [5.41, 5.74) is 2.01. The fraction of sp³-hybridized carbons (Fsp3) is 0.278. The van der Waals surface area contributed by atoms with Gasteiger partial charge in [0, 0.05) is 17.6 Å². The predicted molar refractivity (Wildman–Crippen MR) is 93.2 cm³/mol. The Morgan fingerprint density at radius 3 is 2.67 bits per heavy atom. The van der Waals surface area contributed by atoms with Crippen LogP contribution in [0.25, 0.3) is 0 Å². The van der Waals surface area contributed by atoms with Crippen molar-refractivity contribution in [2.45, 2.75) is 20.1 Å². The molecule has 0 aromatic heterocycles. The third-order valence-electron chi connectivity index (χ3n) is 3.31. The fourth-order valence-electron chi connectivity index (χ4n) is 2.06.